The highest BCUT2D eigenvalue weighted by molar-refractivity contribution is 7.98. The number of fused-ring (bicyclic) bond motifs is 2. The molecule has 3 aromatic heterocycles. The molecule has 0 fully saturated rings. The van der Waals surface area contributed by atoms with Crippen LogP contribution >= 0.6 is 11.8 Å². The van der Waals surface area contributed by atoms with E-state index in [0.717, 1.165) is 45.8 Å². The summed E-state index contributed by atoms with van der Waals surface area (Å²) in [6.07, 6.45) is 5.14. The Balaban J connectivity index is 1.58. The van der Waals surface area contributed by atoms with Crippen molar-refractivity contribution in [1.29, 1.82) is 0 Å². The number of carbonyl (C=O) groups is 1. The molecule has 0 aliphatic rings. The van der Waals surface area contributed by atoms with E-state index in [9.17, 15) is 4.79 Å². The quantitative estimate of drug-likeness (QED) is 0.502. The fraction of sp³-hybridized carbons (Fsp3) is 0.286. The first-order chi connectivity index (χ1) is 13.7. The topological polar surface area (TPSA) is 75.1 Å². The van der Waals surface area contributed by atoms with Crippen LogP contribution in [0.15, 0.2) is 48.7 Å². The van der Waals surface area contributed by atoms with Gasteiger partial charge in [0, 0.05) is 22.8 Å². The number of carbonyl (C=O) groups excluding carboxylic acids is 1. The van der Waals surface area contributed by atoms with E-state index in [2.05, 4.69) is 32.8 Å². The predicted octanol–water partition coefficient (Wildman–Crippen LogP) is 3.67. The number of para-hydroxylation sites is 1. The average molecular weight is 394 g/mol. The van der Waals surface area contributed by atoms with Gasteiger partial charge in [-0.2, -0.15) is 11.8 Å². The van der Waals surface area contributed by atoms with E-state index in [1.54, 1.807) is 11.8 Å². The Bertz CT molecular complexity index is 1120. The summed E-state index contributed by atoms with van der Waals surface area (Å²) in [5.41, 5.74) is 3.92. The van der Waals surface area contributed by atoms with Crippen molar-refractivity contribution >= 4 is 34.2 Å². The van der Waals surface area contributed by atoms with E-state index >= 15 is 0 Å². The molecule has 4 aromatic rings. The van der Waals surface area contributed by atoms with Crippen LogP contribution in [0.1, 0.15) is 29.5 Å². The Morgan fingerprint density at radius 2 is 2.04 bits per heavy atom. The lowest BCUT2D eigenvalue weighted by molar-refractivity contribution is -0.121. The number of pyridine rings is 1. The molecule has 0 aliphatic carbocycles. The van der Waals surface area contributed by atoms with Gasteiger partial charge in [-0.05, 0) is 49.1 Å². The molecule has 1 unspecified atom stereocenters. The Hall–Kier alpha value is -2.80. The first kappa shape index (κ1) is 18.6. The Morgan fingerprint density at radius 3 is 2.89 bits per heavy atom. The van der Waals surface area contributed by atoms with Crippen LogP contribution in [0, 0.1) is 6.92 Å². The van der Waals surface area contributed by atoms with Gasteiger partial charge in [-0.15, -0.1) is 10.2 Å². The van der Waals surface area contributed by atoms with Crippen molar-refractivity contribution in [3.05, 3.63) is 65.7 Å². The van der Waals surface area contributed by atoms with Gasteiger partial charge in [0.25, 0.3) is 0 Å². The predicted molar refractivity (Wildman–Crippen MR) is 114 cm³/mol. The van der Waals surface area contributed by atoms with Crippen LogP contribution in [-0.4, -0.2) is 37.5 Å². The van der Waals surface area contributed by atoms with Crippen LogP contribution < -0.4 is 5.32 Å². The van der Waals surface area contributed by atoms with Gasteiger partial charge < -0.3 is 10.3 Å². The second-order valence-corrected chi connectivity index (χ2v) is 7.83. The van der Waals surface area contributed by atoms with E-state index < -0.39 is 0 Å². The Labute approximate surface area is 167 Å². The minimum Gasteiger partial charge on any atom is -0.358 e. The number of hydrogen-bond acceptors (Lipinski definition) is 4. The summed E-state index contributed by atoms with van der Waals surface area (Å²) in [6.45, 7) is 2.01. The molecule has 1 atom stereocenters. The number of amides is 1. The molecular weight excluding hydrogens is 370 g/mol. The zero-order valence-corrected chi connectivity index (χ0v) is 16.8. The van der Waals surface area contributed by atoms with Crippen LogP contribution in [0.4, 0.5) is 0 Å². The molecule has 0 radical (unpaired) electrons. The number of H-pyrrole nitrogens is 1. The summed E-state index contributed by atoms with van der Waals surface area (Å²) < 4.78 is 1.95. The van der Waals surface area contributed by atoms with Crippen molar-refractivity contribution in [3.8, 4) is 0 Å². The Kier molecular flexibility index (Phi) is 5.34. The molecule has 0 saturated heterocycles. The molecule has 0 aliphatic heterocycles. The van der Waals surface area contributed by atoms with Crippen LogP contribution in [0.5, 0.6) is 0 Å². The molecule has 28 heavy (non-hydrogen) atoms. The first-order valence-corrected chi connectivity index (χ1v) is 10.7. The summed E-state index contributed by atoms with van der Waals surface area (Å²) in [4.78, 5) is 16.3. The molecule has 6 nitrogen and oxygen atoms in total. The molecule has 0 saturated carbocycles. The number of aryl methyl sites for hydroxylation is 1. The van der Waals surface area contributed by atoms with Gasteiger partial charge in [0.15, 0.2) is 11.5 Å². The van der Waals surface area contributed by atoms with Crippen LogP contribution in [0.25, 0.3) is 16.6 Å². The molecule has 4 rings (SSSR count). The van der Waals surface area contributed by atoms with Crippen LogP contribution in [-0.2, 0) is 11.2 Å². The number of benzene rings is 1. The minimum atomic E-state index is -0.178. The summed E-state index contributed by atoms with van der Waals surface area (Å²) in [5.74, 6) is 1.69. The lowest BCUT2D eigenvalue weighted by atomic mass is 10.1. The van der Waals surface area contributed by atoms with Crippen molar-refractivity contribution in [3.63, 3.8) is 0 Å². The number of thioether (sulfide) groups is 1. The standard InChI is InChI=1S/C21H23N5OS/c1-14-16(15-7-3-4-8-17(15)22-14)13-20(27)23-18(10-12-28-2)21-25-24-19-9-5-6-11-26(19)21/h3-9,11,18,22H,10,12-13H2,1-2H3,(H,23,27). The summed E-state index contributed by atoms with van der Waals surface area (Å²) in [5, 5.41) is 12.9. The van der Waals surface area contributed by atoms with E-state index in [1.807, 2.05) is 53.9 Å². The molecule has 1 amide bonds. The fourth-order valence-corrected chi connectivity index (χ4v) is 4.04. The maximum absolute atomic E-state index is 12.9. The number of aromatic nitrogens is 4. The molecule has 3 heterocycles. The monoisotopic (exact) mass is 393 g/mol. The zero-order valence-electron chi connectivity index (χ0n) is 16.0. The van der Waals surface area contributed by atoms with Crippen LogP contribution in [0.3, 0.4) is 0 Å². The van der Waals surface area contributed by atoms with E-state index in [0.29, 0.717) is 6.42 Å². The number of rotatable bonds is 7. The first-order valence-electron chi connectivity index (χ1n) is 9.31. The molecule has 0 bridgehead atoms. The van der Waals surface area contributed by atoms with E-state index in [4.69, 9.17) is 0 Å². The highest BCUT2D eigenvalue weighted by atomic mass is 32.2. The second kappa shape index (κ2) is 8.06. The summed E-state index contributed by atoms with van der Waals surface area (Å²) in [7, 11) is 0. The van der Waals surface area contributed by atoms with E-state index in [-0.39, 0.29) is 11.9 Å². The van der Waals surface area contributed by atoms with Gasteiger partial charge in [-0.25, -0.2) is 0 Å². The number of nitrogens with one attached hydrogen (secondary N) is 2. The average Bonchev–Trinajstić information content (AvgIpc) is 3.26. The molecule has 2 N–H and O–H groups in total. The fourth-order valence-electron chi connectivity index (χ4n) is 3.57. The molecule has 0 spiro atoms. The van der Waals surface area contributed by atoms with Gasteiger partial charge in [-0.1, -0.05) is 24.3 Å². The maximum atomic E-state index is 12.9. The smallest absolute Gasteiger partial charge is 0.225 e. The second-order valence-electron chi connectivity index (χ2n) is 6.84. The molecular formula is C21H23N5OS. The maximum Gasteiger partial charge on any atom is 0.225 e. The Morgan fingerprint density at radius 1 is 1.21 bits per heavy atom. The highest BCUT2D eigenvalue weighted by Gasteiger charge is 2.21. The third-order valence-electron chi connectivity index (χ3n) is 4.96. The van der Waals surface area contributed by atoms with Crippen LogP contribution in [0.2, 0.25) is 0 Å². The van der Waals surface area contributed by atoms with Crippen molar-refractivity contribution < 1.29 is 4.79 Å². The third-order valence-corrected chi connectivity index (χ3v) is 5.61. The molecule has 7 heteroatoms. The van der Waals surface area contributed by atoms with Crippen molar-refractivity contribution in [1.82, 2.24) is 24.9 Å². The van der Waals surface area contributed by atoms with Gasteiger partial charge in [0.2, 0.25) is 5.91 Å². The summed E-state index contributed by atoms with van der Waals surface area (Å²) in [6, 6.07) is 13.7. The lowest BCUT2D eigenvalue weighted by Gasteiger charge is -2.17. The van der Waals surface area contributed by atoms with Crippen molar-refractivity contribution in [2.75, 3.05) is 12.0 Å². The largest absolute Gasteiger partial charge is 0.358 e. The van der Waals surface area contributed by atoms with Crippen molar-refractivity contribution in [2.24, 2.45) is 0 Å². The minimum absolute atomic E-state index is 0.00774. The number of aromatic amines is 1. The normalized spacial score (nSPS) is 12.5. The number of hydrogen-bond donors (Lipinski definition) is 2. The number of nitrogens with zero attached hydrogens (tertiary/aromatic N) is 3. The lowest BCUT2D eigenvalue weighted by Crippen LogP contribution is -2.31. The van der Waals surface area contributed by atoms with Gasteiger partial charge in [0.1, 0.15) is 0 Å². The SMILES string of the molecule is CSCCC(NC(=O)Cc1c(C)[nH]c2ccccc12)c1nnc2ccccn12. The van der Waals surface area contributed by atoms with Gasteiger partial charge >= 0.3 is 0 Å². The third kappa shape index (κ3) is 3.62. The molecule has 144 valence electrons. The molecule has 1 aromatic carbocycles. The van der Waals surface area contributed by atoms with Crippen molar-refractivity contribution in [2.45, 2.75) is 25.8 Å². The van der Waals surface area contributed by atoms with Gasteiger partial charge in [-0.3, -0.25) is 9.20 Å². The summed E-state index contributed by atoms with van der Waals surface area (Å²) >= 11 is 1.76. The highest BCUT2D eigenvalue weighted by Crippen LogP contribution is 2.23. The zero-order chi connectivity index (χ0) is 19.5. The van der Waals surface area contributed by atoms with Gasteiger partial charge in [0.05, 0.1) is 12.5 Å². The van der Waals surface area contributed by atoms with E-state index in [1.165, 1.54) is 0 Å².